The van der Waals surface area contributed by atoms with Crippen LogP contribution in [0.3, 0.4) is 0 Å². The Kier molecular flexibility index (Phi) is 4.91. The van der Waals surface area contributed by atoms with Gasteiger partial charge in [0.1, 0.15) is 5.60 Å². The minimum Gasteiger partial charge on any atom is -0.444 e. The number of ether oxygens (including phenoxy) is 1. The number of carbonyl (C=O) groups is 1. The van der Waals surface area contributed by atoms with Gasteiger partial charge in [0, 0.05) is 11.8 Å². The van der Waals surface area contributed by atoms with E-state index in [0.717, 1.165) is 16.8 Å². The largest absolute Gasteiger partial charge is 0.444 e. The number of nitrogens with zero attached hydrogens (tertiary/aromatic N) is 3. The van der Waals surface area contributed by atoms with Gasteiger partial charge in [0.25, 0.3) is 0 Å². The van der Waals surface area contributed by atoms with Crippen LogP contribution in [0, 0.1) is 13.8 Å². The minimum absolute atomic E-state index is 0.516. The van der Waals surface area contributed by atoms with Crippen LogP contribution in [0.15, 0.2) is 30.5 Å². The van der Waals surface area contributed by atoms with Crippen molar-refractivity contribution in [3.63, 3.8) is 0 Å². The number of rotatable bonds is 3. The quantitative estimate of drug-likeness (QED) is 0.714. The first-order chi connectivity index (χ1) is 12.7. The van der Waals surface area contributed by atoms with Crippen LogP contribution in [0.4, 0.5) is 10.6 Å². The number of imidazole rings is 1. The standard InChI is InChI=1S/C21H26N4O2/c1-7-17-19(24-20(26)27-21(4,5)6)25-18(23-17)16(10-11-22-25)15-9-8-13(2)12-14(15)3/h8-12H,7H2,1-6H3,(H,24,26). The molecule has 0 fully saturated rings. The number of aromatic nitrogens is 3. The zero-order valence-electron chi connectivity index (χ0n) is 16.8. The summed E-state index contributed by atoms with van der Waals surface area (Å²) in [7, 11) is 0. The summed E-state index contributed by atoms with van der Waals surface area (Å²) in [6.45, 7) is 11.7. The zero-order chi connectivity index (χ0) is 19.8. The number of fused-ring (bicyclic) bond motifs is 1. The number of hydrogen-bond acceptors (Lipinski definition) is 4. The molecule has 3 aromatic rings. The fourth-order valence-electron chi connectivity index (χ4n) is 3.09. The summed E-state index contributed by atoms with van der Waals surface area (Å²) in [5.74, 6) is 0.549. The van der Waals surface area contributed by atoms with Crippen molar-refractivity contribution in [1.29, 1.82) is 0 Å². The first kappa shape index (κ1) is 18.9. The van der Waals surface area contributed by atoms with Crippen LogP contribution in [0.2, 0.25) is 0 Å². The lowest BCUT2D eigenvalue weighted by molar-refractivity contribution is 0.0635. The van der Waals surface area contributed by atoms with E-state index in [9.17, 15) is 4.79 Å². The molecule has 142 valence electrons. The van der Waals surface area contributed by atoms with Gasteiger partial charge in [-0.25, -0.2) is 9.78 Å². The fourth-order valence-corrected chi connectivity index (χ4v) is 3.09. The second kappa shape index (κ2) is 7.02. The van der Waals surface area contributed by atoms with Crippen molar-refractivity contribution in [3.8, 4) is 11.1 Å². The molecule has 6 nitrogen and oxygen atoms in total. The Balaban J connectivity index is 2.10. The van der Waals surface area contributed by atoms with Crippen LogP contribution in [0.1, 0.15) is 44.5 Å². The SMILES string of the molecule is CCc1nc2c(-c3ccc(C)cc3C)ccnn2c1NC(=O)OC(C)(C)C. The lowest BCUT2D eigenvalue weighted by atomic mass is 10.00. The first-order valence-corrected chi connectivity index (χ1v) is 9.14. The van der Waals surface area contributed by atoms with Crippen LogP contribution in [0.5, 0.6) is 0 Å². The summed E-state index contributed by atoms with van der Waals surface area (Å²) in [5, 5.41) is 7.24. The van der Waals surface area contributed by atoms with Crippen molar-refractivity contribution in [3.05, 3.63) is 47.3 Å². The highest BCUT2D eigenvalue weighted by Crippen LogP contribution is 2.30. The number of nitrogens with one attached hydrogen (secondary N) is 1. The van der Waals surface area contributed by atoms with Gasteiger partial charge >= 0.3 is 6.09 Å². The average Bonchev–Trinajstić information content (AvgIpc) is 2.91. The van der Waals surface area contributed by atoms with Gasteiger partial charge in [0.05, 0.1) is 5.69 Å². The van der Waals surface area contributed by atoms with Crippen molar-refractivity contribution >= 4 is 17.6 Å². The molecule has 6 heteroatoms. The Morgan fingerprint density at radius 3 is 2.56 bits per heavy atom. The second-order valence-electron chi connectivity index (χ2n) is 7.69. The first-order valence-electron chi connectivity index (χ1n) is 9.14. The molecule has 0 aliphatic rings. The van der Waals surface area contributed by atoms with E-state index in [4.69, 9.17) is 9.72 Å². The maximum absolute atomic E-state index is 12.3. The monoisotopic (exact) mass is 366 g/mol. The summed E-state index contributed by atoms with van der Waals surface area (Å²) in [6, 6.07) is 8.29. The molecule has 0 saturated heterocycles. The number of benzene rings is 1. The van der Waals surface area contributed by atoms with Crippen LogP contribution in [-0.2, 0) is 11.2 Å². The molecule has 27 heavy (non-hydrogen) atoms. The second-order valence-corrected chi connectivity index (χ2v) is 7.69. The predicted octanol–water partition coefficient (Wildman–Crippen LogP) is 4.92. The summed E-state index contributed by atoms with van der Waals surface area (Å²) in [4.78, 5) is 17.0. The van der Waals surface area contributed by atoms with E-state index in [0.29, 0.717) is 17.9 Å². The third-order valence-electron chi connectivity index (χ3n) is 4.22. The number of carbonyl (C=O) groups excluding carboxylic acids is 1. The molecular formula is C21H26N4O2. The maximum Gasteiger partial charge on any atom is 0.413 e. The third-order valence-corrected chi connectivity index (χ3v) is 4.22. The lowest BCUT2D eigenvalue weighted by Crippen LogP contribution is -2.28. The average molecular weight is 366 g/mol. The van der Waals surface area contributed by atoms with Gasteiger partial charge in [0.15, 0.2) is 11.5 Å². The van der Waals surface area contributed by atoms with E-state index < -0.39 is 11.7 Å². The Morgan fingerprint density at radius 2 is 1.93 bits per heavy atom. The topological polar surface area (TPSA) is 68.5 Å². The van der Waals surface area contributed by atoms with Gasteiger partial charge in [-0.3, -0.25) is 5.32 Å². The van der Waals surface area contributed by atoms with Crippen LogP contribution in [0.25, 0.3) is 16.8 Å². The minimum atomic E-state index is -0.575. The fraction of sp³-hybridized carbons (Fsp3) is 0.381. The Hall–Kier alpha value is -2.89. The number of hydrogen-bond donors (Lipinski definition) is 1. The Bertz CT molecular complexity index is 999. The van der Waals surface area contributed by atoms with E-state index in [1.807, 2.05) is 33.8 Å². The summed E-state index contributed by atoms with van der Waals surface area (Å²) >= 11 is 0. The van der Waals surface area contributed by atoms with E-state index >= 15 is 0 Å². The molecule has 1 aromatic carbocycles. The van der Waals surface area contributed by atoms with E-state index in [1.165, 1.54) is 11.1 Å². The highest BCUT2D eigenvalue weighted by molar-refractivity contribution is 5.87. The van der Waals surface area contributed by atoms with Crippen LogP contribution in [-0.4, -0.2) is 26.3 Å². The molecule has 0 aliphatic heterocycles. The number of aryl methyl sites for hydroxylation is 3. The van der Waals surface area contributed by atoms with E-state index in [2.05, 4.69) is 42.5 Å². The normalized spacial score (nSPS) is 11.6. The van der Waals surface area contributed by atoms with Gasteiger partial charge in [-0.2, -0.15) is 9.61 Å². The molecule has 2 heterocycles. The van der Waals surface area contributed by atoms with Gasteiger partial charge in [-0.15, -0.1) is 0 Å². The molecule has 3 rings (SSSR count). The van der Waals surface area contributed by atoms with Crippen molar-refractivity contribution < 1.29 is 9.53 Å². The lowest BCUT2D eigenvalue weighted by Gasteiger charge is -2.19. The number of anilines is 1. The molecule has 0 spiro atoms. The Labute approximate surface area is 159 Å². The summed E-state index contributed by atoms with van der Waals surface area (Å²) < 4.78 is 7.07. The van der Waals surface area contributed by atoms with Crippen molar-refractivity contribution in [2.45, 2.75) is 53.6 Å². The van der Waals surface area contributed by atoms with Crippen LogP contribution >= 0.6 is 0 Å². The highest BCUT2D eigenvalue weighted by Gasteiger charge is 2.21. The van der Waals surface area contributed by atoms with Crippen LogP contribution < -0.4 is 5.32 Å². The molecule has 0 unspecified atom stereocenters. The van der Waals surface area contributed by atoms with Crippen molar-refractivity contribution in [2.24, 2.45) is 0 Å². The molecule has 1 N–H and O–H groups in total. The molecule has 0 saturated carbocycles. The molecular weight excluding hydrogens is 340 g/mol. The molecule has 0 bridgehead atoms. The molecule has 0 atom stereocenters. The van der Waals surface area contributed by atoms with Crippen molar-refractivity contribution in [2.75, 3.05) is 5.32 Å². The molecule has 0 aliphatic carbocycles. The highest BCUT2D eigenvalue weighted by atomic mass is 16.6. The maximum atomic E-state index is 12.3. The molecule has 1 amide bonds. The zero-order valence-corrected chi connectivity index (χ0v) is 16.8. The van der Waals surface area contributed by atoms with Crippen molar-refractivity contribution in [1.82, 2.24) is 14.6 Å². The van der Waals surface area contributed by atoms with Gasteiger partial charge in [0.2, 0.25) is 0 Å². The smallest absolute Gasteiger partial charge is 0.413 e. The van der Waals surface area contributed by atoms with Gasteiger partial charge < -0.3 is 4.74 Å². The summed E-state index contributed by atoms with van der Waals surface area (Å²) in [5.41, 5.74) is 5.38. The summed E-state index contributed by atoms with van der Waals surface area (Å²) in [6.07, 6.45) is 1.88. The van der Waals surface area contributed by atoms with Gasteiger partial charge in [-0.1, -0.05) is 30.7 Å². The number of amides is 1. The van der Waals surface area contributed by atoms with Gasteiger partial charge in [-0.05, 0) is 58.2 Å². The van der Waals surface area contributed by atoms with E-state index in [-0.39, 0.29) is 0 Å². The molecule has 0 radical (unpaired) electrons. The third kappa shape index (κ3) is 3.94. The molecule has 2 aromatic heterocycles. The Morgan fingerprint density at radius 1 is 1.19 bits per heavy atom. The predicted molar refractivity (Wildman–Crippen MR) is 107 cm³/mol. The van der Waals surface area contributed by atoms with E-state index in [1.54, 1.807) is 10.7 Å².